The third-order valence-corrected chi connectivity index (χ3v) is 15.4. The van der Waals surface area contributed by atoms with Crippen LogP contribution in [0, 0.1) is 0 Å². The average molecular weight is 1230 g/mol. The maximum Gasteiger partial charge on any atom is 0.410 e. The van der Waals surface area contributed by atoms with Crippen molar-refractivity contribution < 1.29 is 95.5 Å². The van der Waals surface area contributed by atoms with Crippen LogP contribution < -0.4 is 21.7 Å². The summed E-state index contributed by atoms with van der Waals surface area (Å²) in [6, 6.07) is 36.3. The van der Waals surface area contributed by atoms with Gasteiger partial charge in [-0.05, 0) is 81.1 Å². The highest BCUT2D eigenvalue weighted by Crippen LogP contribution is 2.42. The van der Waals surface area contributed by atoms with Crippen LogP contribution in [0.25, 0.3) is 0 Å². The number of amides is 4. The van der Waals surface area contributed by atoms with Crippen LogP contribution in [-0.2, 0) is 70.1 Å². The molecule has 0 radical (unpaired) electrons. The Bertz CT molecular complexity index is 3210. The van der Waals surface area contributed by atoms with Gasteiger partial charge in [-0.25, -0.2) is 33.6 Å². The van der Waals surface area contributed by atoms with Crippen LogP contribution in [0.2, 0.25) is 0 Å². The van der Waals surface area contributed by atoms with E-state index in [1.807, 2.05) is 36.4 Å². The zero-order chi connectivity index (χ0) is 62.8. The molecule has 7 unspecified atom stereocenters. The molecule has 4 heterocycles. The predicted octanol–water partition coefficient (Wildman–Crippen LogP) is 6.05. The van der Waals surface area contributed by atoms with Crippen LogP contribution in [0.4, 0.5) is 19.2 Å². The first kappa shape index (κ1) is 63.3. The molecule has 16 atom stereocenters. The first-order valence-electron chi connectivity index (χ1n) is 29.2. The Morgan fingerprint density at radius 2 is 1.10 bits per heavy atom. The number of fused-ring (bicyclic) bond motifs is 3. The number of carbonyl (C=O) groups excluding carboxylic acids is 7. The van der Waals surface area contributed by atoms with E-state index < -0.39 is 152 Å². The number of esters is 3. The van der Waals surface area contributed by atoms with E-state index in [4.69, 9.17) is 62.6 Å². The topological polar surface area (TPSA) is 316 Å². The van der Waals surface area contributed by atoms with Crippen molar-refractivity contribution in [2.75, 3.05) is 13.7 Å². The van der Waals surface area contributed by atoms with Gasteiger partial charge in [0.15, 0.2) is 30.9 Å². The molecule has 0 spiro atoms. The summed E-state index contributed by atoms with van der Waals surface area (Å²) in [4.78, 5) is 98.2. The van der Waals surface area contributed by atoms with Crippen LogP contribution in [0.5, 0.6) is 0 Å². The van der Waals surface area contributed by atoms with Gasteiger partial charge < -0.3 is 83.6 Å². The Hall–Kier alpha value is -8.69. The highest BCUT2D eigenvalue weighted by Gasteiger charge is 2.62. The Kier molecular flexibility index (Phi) is 20.4. The summed E-state index contributed by atoms with van der Waals surface area (Å²) in [6.07, 6.45) is -19.5. The molecule has 5 fully saturated rings. The molecule has 4 amide bonds. The number of nitrogens with two attached hydrogens (primary N) is 1. The van der Waals surface area contributed by atoms with E-state index in [1.165, 1.54) is 48.3 Å². The summed E-state index contributed by atoms with van der Waals surface area (Å²) >= 11 is 0. The van der Waals surface area contributed by atoms with Gasteiger partial charge >= 0.3 is 42.3 Å². The maximum atomic E-state index is 14.4. The maximum absolute atomic E-state index is 14.4. The second-order valence-electron chi connectivity index (χ2n) is 23.0. The van der Waals surface area contributed by atoms with Crippen LogP contribution >= 0.6 is 0 Å². The van der Waals surface area contributed by atoms with Crippen molar-refractivity contribution in [3.63, 3.8) is 0 Å². The van der Waals surface area contributed by atoms with Gasteiger partial charge in [0, 0.05) is 25.6 Å². The first-order chi connectivity index (χ1) is 42.8. The first-order valence-corrected chi connectivity index (χ1v) is 29.2. The molecule has 5 aromatic carbocycles. The van der Waals surface area contributed by atoms with Crippen molar-refractivity contribution in [1.82, 2.24) is 20.9 Å². The smallest absolute Gasteiger partial charge is 0.410 e. The minimum absolute atomic E-state index is 0.00460. The summed E-state index contributed by atoms with van der Waals surface area (Å²) in [5.41, 5.74) is 7.40. The Morgan fingerprint density at radius 1 is 0.573 bits per heavy atom. The summed E-state index contributed by atoms with van der Waals surface area (Å²) in [5.74, 6) is -2.68. The Labute approximate surface area is 512 Å². The van der Waals surface area contributed by atoms with Gasteiger partial charge in [-0.3, -0.25) is 4.90 Å². The van der Waals surface area contributed by atoms with E-state index in [9.17, 15) is 38.7 Å². The molecular formula is C64H71N5O20. The Balaban J connectivity index is 0.959. The number of aliphatic hydroxyl groups is 1. The lowest BCUT2D eigenvalue weighted by Gasteiger charge is -2.51. The fraction of sp³-hybridized carbons (Fsp3) is 0.422. The van der Waals surface area contributed by atoms with Crippen molar-refractivity contribution in [2.45, 2.75) is 157 Å². The van der Waals surface area contributed by atoms with Gasteiger partial charge in [0.1, 0.15) is 55.8 Å². The fourth-order valence-electron chi connectivity index (χ4n) is 11.2. The Morgan fingerprint density at radius 3 is 1.65 bits per heavy atom. The van der Waals surface area contributed by atoms with Gasteiger partial charge in [-0.1, -0.05) is 115 Å². The minimum Gasteiger partial charge on any atom is -0.459 e. The van der Waals surface area contributed by atoms with Gasteiger partial charge in [-0.2, -0.15) is 0 Å². The highest BCUT2D eigenvalue weighted by molar-refractivity contribution is 5.91. The number of nitrogens with zero attached hydrogens (tertiary/aromatic N) is 1. The number of hydrogen-bond acceptors (Lipinski definition) is 21. The summed E-state index contributed by atoms with van der Waals surface area (Å²) in [7, 11) is 1.42. The number of hydrogen-bond donors (Lipinski definition) is 5. The number of aliphatic hydroxyl groups excluding tert-OH is 1. The van der Waals surface area contributed by atoms with Crippen molar-refractivity contribution in [2.24, 2.45) is 5.73 Å². The highest BCUT2D eigenvalue weighted by atomic mass is 16.8. The van der Waals surface area contributed by atoms with E-state index in [0.717, 1.165) is 5.56 Å². The van der Waals surface area contributed by atoms with Crippen LogP contribution in [-0.4, -0.2) is 169 Å². The molecule has 6 N–H and O–H groups in total. The number of ether oxygens (including phenoxy) is 12. The van der Waals surface area contributed by atoms with E-state index in [-0.39, 0.29) is 49.2 Å². The van der Waals surface area contributed by atoms with E-state index >= 15 is 0 Å². The molecule has 0 aromatic heterocycles. The number of benzene rings is 5. The molecule has 0 bridgehead atoms. The molecular weight excluding hydrogens is 1160 g/mol. The molecule has 472 valence electrons. The SMILES string of the molecule is CN1C(=O)OC2C3O[C@H](O[C@@H]4C(N)C[C@@H](NC(=O)OCc5ccccc5)C[C@H]4O)[C@@H](NC(=O)OCc4ccccc4)C[C@@H]3OC(O[C@H]3OC(COC(=O)c4ccccc4)[C@@H](NC(=O)OC(C)(C)C)[C@H](OC(=O)c4ccccc4)C3OC(=O)c3ccccc3)C21. The largest absolute Gasteiger partial charge is 0.459 e. The molecule has 10 rings (SSSR count). The second kappa shape index (κ2) is 28.6. The monoisotopic (exact) mass is 1230 g/mol. The number of nitrogens with one attached hydrogen (secondary N) is 3. The lowest BCUT2D eigenvalue weighted by molar-refractivity contribution is -0.371. The zero-order valence-corrected chi connectivity index (χ0v) is 49.1. The average Bonchev–Trinajstić information content (AvgIpc) is 1.84. The fourth-order valence-corrected chi connectivity index (χ4v) is 11.2. The third kappa shape index (κ3) is 16.2. The van der Waals surface area contributed by atoms with E-state index in [2.05, 4.69) is 16.0 Å². The number of alkyl carbamates (subject to hydrolysis) is 3. The normalized spacial score (nSPS) is 28.9. The molecule has 5 aromatic rings. The molecule has 5 aliphatic rings. The number of rotatable bonds is 18. The number of carbonyl (C=O) groups is 7. The van der Waals surface area contributed by atoms with E-state index in [1.54, 1.807) is 99.6 Å². The second-order valence-corrected chi connectivity index (χ2v) is 23.0. The predicted molar refractivity (Wildman–Crippen MR) is 310 cm³/mol. The summed E-state index contributed by atoms with van der Waals surface area (Å²) < 4.78 is 74.8. The quantitative estimate of drug-likeness (QED) is 0.0493. The third-order valence-electron chi connectivity index (χ3n) is 15.4. The lowest BCUT2D eigenvalue weighted by Crippen LogP contribution is -2.70. The number of likely N-dealkylation sites (N-methyl/N-ethyl adjacent to an activating group) is 1. The van der Waals surface area contributed by atoms with Gasteiger partial charge in [0.25, 0.3) is 0 Å². The molecule has 25 nitrogen and oxygen atoms in total. The summed E-state index contributed by atoms with van der Waals surface area (Å²) in [6.45, 7) is 4.13. The van der Waals surface area contributed by atoms with Gasteiger partial charge in [0.2, 0.25) is 6.29 Å². The van der Waals surface area contributed by atoms with Gasteiger partial charge in [-0.15, -0.1) is 0 Å². The summed E-state index contributed by atoms with van der Waals surface area (Å²) in [5, 5.41) is 20.0. The molecule has 4 aliphatic heterocycles. The van der Waals surface area contributed by atoms with E-state index in [0.29, 0.717) is 5.56 Å². The molecule has 1 saturated carbocycles. The van der Waals surface area contributed by atoms with Crippen molar-refractivity contribution >= 4 is 42.3 Å². The van der Waals surface area contributed by atoms with Crippen LogP contribution in [0.15, 0.2) is 152 Å². The standard InChI is InChI=1S/C64H71N5O20/c1-64(2,3)89-62(76)68-47-46(35-78-54(71)38-24-14-7-15-25-38)82-59(53(84-56(73)40-28-18-9-19-29-40)51(47)83-55(72)39-26-16-8-17-27-39)88-58-48-52(87-63(77)69(48)4)50-45(81-58)32-43(67-61(75)80-34-37-22-12-6-13-23-37)57(86-50)85-49-42(65)30-41(31-44(49)70)66-60(74)79-33-36-20-10-5-11-21-36/h5-29,41-53,57-59,70H,30-35,65H2,1-4H3,(H,66,74)(H,67,75)(H,68,76)/t41-,42?,43+,44-,45+,46?,47-,48?,49-,50?,51+,52?,53?,57+,58?,59-/m1/s1. The zero-order valence-electron chi connectivity index (χ0n) is 49.1. The molecule has 1 aliphatic carbocycles. The van der Waals surface area contributed by atoms with Crippen LogP contribution in [0.3, 0.4) is 0 Å². The molecule has 89 heavy (non-hydrogen) atoms. The molecule has 4 saturated heterocycles. The van der Waals surface area contributed by atoms with Crippen molar-refractivity contribution in [3.05, 3.63) is 179 Å². The van der Waals surface area contributed by atoms with Crippen molar-refractivity contribution in [1.29, 1.82) is 0 Å². The lowest BCUT2D eigenvalue weighted by atomic mass is 9.86. The van der Waals surface area contributed by atoms with Crippen LogP contribution in [0.1, 0.15) is 82.2 Å². The molecule has 25 heteroatoms. The van der Waals surface area contributed by atoms with Crippen molar-refractivity contribution in [3.8, 4) is 0 Å². The minimum atomic E-state index is -1.87. The van der Waals surface area contributed by atoms with Gasteiger partial charge in [0.05, 0.1) is 34.9 Å².